The number of hydrogen-bond donors (Lipinski definition) is 2. The number of benzene rings is 1. The monoisotopic (exact) mass is 236 g/mol. The lowest BCUT2D eigenvalue weighted by molar-refractivity contribution is 0.418. The second-order valence-electron chi connectivity index (χ2n) is 5.95. The predicted molar refractivity (Wildman–Crippen MR) is 73.4 cm³/mol. The van der Waals surface area contributed by atoms with Crippen LogP contribution in [0.1, 0.15) is 39.3 Å². The number of aromatic hydroxyl groups is 1. The topological polar surface area (TPSA) is 49.5 Å². The van der Waals surface area contributed by atoms with Crippen LogP contribution < -0.4 is 10.6 Å². The first-order chi connectivity index (χ1) is 7.70. The second kappa shape index (κ2) is 4.96. The zero-order chi connectivity index (χ0) is 13.2. The van der Waals surface area contributed by atoms with Gasteiger partial charge in [0, 0.05) is 37.0 Å². The van der Waals surface area contributed by atoms with Gasteiger partial charge < -0.3 is 15.7 Å². The number of nitrogens with two attached hydrogens (primary N) is 1. The van der Waals surface area contributed by atoms with Gasteiger partial charge in [0.05, 0.1) is 0 Å². The van der Waals surface area contributed by atoms with E-state index in [4.69, 9.17) is 5.73 Å². The fourth-order valence-corrected chi connectivity index (χ4v) is 1.96. The van der Waals surface area contributed by atoms with Crippen LogP contribution in [0, 0.1) is 5.41 Å². The summed E-state index contributed by atoms with van der Waals surface area (Å²) in [6.45, 7) is 9.39. The molecule has 0 radical (unpaired) electrons. The molecule has 0 saturated carbocycles. The largest absolute Gasteiger partial charge is 0.508 e. The molecular weight excluding hydrogens is 212 g/mol. The van der Waals surface area contributed by atoms with Crippen LogP contribution in [0.4, 0.5) is 5.69 Å². The summed E-state index contributed by atoms with van der Waals surface area (Å²) in [5.41, 5.74) is 7.80. The third-order valence-electron chi connectivity index (χ3n) is 2.66. The summed E-state index contributed by atoms with van der Waals surface area (Å²) in [6, 6.07) is 5.54. The van der Waals surface area contributed by atoms with E-state index in [1.807, 2.05) is 26.1 Å². The van der Waals surface area contributed by atoms with E-state index in [9.17, 15) is 5.11 Å². The van der Waals surface area contributed by atoms with E-state index in [-0.39, 0.29) is 17.2 Å². The van der Waals surface area contributed by atoms with E-state index in [0.717, 1.165) is 17.8 Å². The number of anilines is 1. The van der Waals surface area contributed by atoms with Gasteiger partial charge in [-0.1, -0.05) is 26.8 Å². The van der Waals surface area contributed by atoms with Crippen LogP contribution in [0.5, 0.6) is 5.75 Å². The molecule has 3 heteroatoms. The van der Waals surface area contributed by atoms with Crippen molar-refractivity contribution in [3.63, 3.8) is 0 Å². The molecule has 0 aromatic heterocycles. The van der Waals surface area contributed by atoms with Crippen molar-refractivity contribution in [1.29, 1.82) is 0 Å². The summed E-state index contributed by atoms with van der Waals surface area (Å²) in [5.74, 6) is 0.276. The lowest BCUT2D eigenvalue weighted by Crippen LogP contribution is -2.29. The predicted octanol–water partition coefficient (Wildman–Crippen LogP) is 2.89. The molecule has 0 aliphatic rings. The summed E-state index contributed by atoms with van der Waals surface area (Å²) in [6.07, 6.45) is 0. The Labute approximate surface area is 104 Å². The van der Waals surface area contributed by atoms with Crippen LogP contribution in [0.3, 0.4) is 0 Å². The van der Waals surface area contributed by atoms with Gasteiger partial charge in [0.2, 0.25) is 0 Å². The fourth-order valence-electron chi connectivity index (χ4n) is 1.96. The second-order valence-corrected chi connectivity index (χ2v) is 5.95. The molecule has 1 rings (SSSR count). The zero-order valence-corrected chi connectivity index (χ0v) is 11.5. The highest BCUT2D eigenvalue weighted by Crippen LogP contribution is 2.29. The standard InChI is InChI=1S/C14H24N2O/c1-10(15)12-7-6-11(8-13(12)17)16(5)9-14(2,3)4/h6-8,10,17H,9,15H2,1-5H3. The SMILES string of the molecule is CC(N)c1ccc(N(C)CC(C)(C)C)cc1O. The van der Waals surface area contributed by atoms with Crippen LogP contribution >= 0.6 is 0 Å². The van der Waals surface area contributed by atoms with Crippen LogP contribution in [0.15, 0.2) is 18.2 Å². The van der Waals surface area contributed by atoms with Crippen LogP contribution in [0.2, 0.25) is 0 Å². The molecule has 0 saturated heterocycles. The van der Waals surface area contributed by atoms with Gasteiger partial charge in [-0.25, -0.2) is 0 Å². The van der Waals surface area contributed by atoms with Gasteiger partial charge in [-0.3, -0.25) is 0 Å². The average molecular weight is 236 g/mol. The molecule has 0 fully saturated rings. The van der Waals surface area contributed by atoms with Crippen molar-refractivity contribution in [3.05, 3.63) is 23.8 Å². The van der Waals surface area contributed by atoms with Gasteiger partial charge >= 0.3 is 0 Å². The molecule has 1 aromatic rings. The summed E-state index contributed by atoms with van der Waals surface area (Å²) in [4.78, 5) is 2.14. The van der Waals surface area contributed by atoms with E-state index < -0.39 is 0 Å². The Bertz CT molecular complexity index is 380. The zero-order valence-electron chi connectivity index (χ0n) is 11.5. The Morgan fingerprint density at radius 3 is 2.35 bits per heavy atom. The van der Waals surface area contributed by atoms with Crippen molar-refractivity contribution in [2.75, 3.05) is 18.5 Å². The smallest absolute Gasteiger partial charge is 0.122 e. The summed E-state index contributed by atoms with van der Waals surface area (Å²) >= 11 is 0. The lowest BCUT2D eigenvalue weighted by atomic mass is 9.96. The minimum absolute atomic E-state index is 0.142. The molecule has 17 heavy (non-hydrogen) atoms. The van der Waals surface area contributed by atoms with Gasteiger partial charge in [0.25, 0.3) is 0 Å². The molecular formula is C14H24N2O. The average Bonchev–Trinajstić information content (AvgIpc) is 2.14. The van der Waals surface area contributed by atoms with Gasteiger partial charge in [-0.05, 0) is 18.4 Å². The first kappa shape index (κ1) is 13.8. The van der Waals surface area contributed by atoms with Gasteiger partial charge in [-0.2, -0.15) is 0 Å². The molecule has 0 aliphatic carbocycles. The first-order valence-electron chi connectivity index (χ1n) is 6.00. The maximum absolute atomic E-state index is 9.90. The van der Waals surface area contributed by atoms with Gasteiger partial charge in [-0.15, -0.1) is 0 Å². The summed E-state index contributed by atoms with van der Waals surface area (Å²) in [5, 5.41) is 9.90. The van der Waals surface area contributed by atoms with E-state index >= 15 is 0 Å². The summed E-state index contributed by atoms with van der Waals surface area (Å²) < 4.78 is 0. The molecule has 3 nitrogen and oxygen atoms in total. The number of nitrogens with zero attached hydrogens (tertiary/aromatic N) is 1. The molecule has 1 atom stereocenters. The van der Waals surface area contributed by atoms with Crippen LogP contribution in [-0.4, -0.2) is 18.7 Å². The summed E-state index contributed by atoms with van der Waals surface area (Å²) in [7, 11) is 2.03. The van der Waals surface area contributed by atoms with E-state index in [0.29, 0.717) is 0 Å². The molecule has 1 aromatic carbocycles. The minimum Gasteiger partial charge on any atom is -0.508 e. The van der Waals surface area contributed by atoms with E-state index in [1.165, 1.54) is 0 Å². The Morgan fingerprint density at radius 2 is 1.94 bits per heavy atom. The maximum Gasteiger partial charge on any atom is 0.122 e. The maximum atomic E-state index is 9.90. The highest BCUT2D eigenvalue weighted by Gasteiger charge is 2.15. The minimum atomic E-state index is -0.142. The molecule has 0 heterocycles. The fraction of sp³-hybridized carbons (Fsp3) is 0.571. The Morgan fingerprint density at radius 1 is 1.35 bits per heavy atom. The Kier molecular flexibility index (Phi) is 4.04. The lowest BCUT2D eigenvalue weighted by Gasteiger charge is -2.28. The highest BCUT2D eigenvalue weighted by molar-refractivity contribution is 5.53. The van der Waals surface area contributed by atoms with Crippen molar-refractivity contribution in [3.8, 4) is 5.75 Å². The van der Waals surface area contributed by atoms with E-state index in [1.54, 1.807) is 6.07 Å². The normalized spacial score (nSPS) is 13.5. The van der Waals surface area contributed by atoms with Gasteiger partial charge in [0.15, 0.2) is 0 Å². The molecule has 0 aliphatic heterocycles. The number of phenolic OH excluding ortho intramolecular Hbond substituents is 1. The molecule has 0 amide bonds. The third-order valence-corrected chi connectivity index (χ3v) is 2.66. The van der Waals surface area contributed by atoms with Crippen LogP contribution in [-0.2, 0) is 0 Å². The highest BCUT2D eigenvalue weighted by atomic mass is 16.3. The molecule has 0 bridgehead atoms. The quantitative estimate of drug-likeness (QED) is 0.848. The van der Waals surface area contributed by atoms with Gasteiger partial charge in [0.1, 0.15) is 5.75 Å². The first-order valence-corrected chi connectivity index (χ1v) is 6.00. The van der Waals surface area contributed by atoms with Crippen LogP contribution in [0.25, 0.3) is 0 Å². The molecule has 3 N–H and O–H groups in total. The number of phenols is 1. The van der Waals surface area contributed by atoms with Crippen molar-refractivity contribution >= 4 is 5.69 Å². The van der Waals surface area contributed by atoms with Crippen molar-refractivity contribution < 1.29 is 5.11 Å². The Hall–Kier alpha value is -1.22. The molecule has 1 unspecified atom stereocenters. The van der Waals surface area contributed by atoms with Crippen molar-refractivity contribution in [2.45, 2.75) is 33.7 Å². The van der Waals surface area contributed by atoms with Crippen molar-refractivity contribution in [1.82, 2.24) is 0 Å². The Balaban J connectivity index is 2.90. The molecule has 96 valence electrons. The number of hydrogen-bond acceptors (Lipinski definition) is 3. The third kappa shape index (κ3) is 3.93. The van der Waals surface area contributed by atoms with E-state index in [2.05, 4.69) is 25.7 Å². The molecule has 0 spiro atoms. The van der Waals surface area contributed by atoms with Crippen molar-refractivity contribution in [2.24, 2.45) is 11.1 Å². The number of rotatable bonds is 3.